The van der Waals surface area contributed by atoms with Gasteiger partial charge in [-0.1, -0.05) is 11.6 Å². The number of pyridine rings is 1. The Kier molecular flexibility index (Phi) is 5.76. The lowest BCUT2D eigenvalue weighted by atomic mass is 10.2. The molecular weight excluding hydrogens is 282 g/mol. The van der Waals surface area contributed by atoms with Gasteiger partial charge in [-0.3, -0.25) is 4.79 Å². The van der Waals surface area contributed by atoms with E-state index in [4.69, 9.17) is 16.7 Å². The zero-order chi connectivity index (χ0) is 15.3. The van der Waals surface area contributed by atoms with Crippen molar-refractivity contribution in [3.05, 3.63) is 22.8 Å². The summed E-state index contributed by atoms with van der Waals surface area (Å²) in [6, 6.07) is 2.09. The molecule has 1 heterocycles. The number of aromatic nitrogens is 1. The van der Waals surface area contributed by atoms with Crippen LogP contribution in [-0.2, 0) is 4.79 Å². The minimum Gasteiger partial charge on any atom is -0.478 e. The molecule has 0 aliphatic heterocycles. The summed E-state index contributed by atoms with van der Waals surface area (Å²) >= 11 is 5.76. The van der Waals surface area contributed by atoms with E-state index in [1.807, 2.05) is 13.8 Å². The highest BCUT2D eigenvalue weighted by Crippen LogP contribution is 2.15. The van der Waals surface area contributed by atoms with E-state index >= 15 is 0 Å². The fourth-order valence-electron chi connectivity index (χ4n) is 1.79. The van der Waals surface area contributed by atoms with Crippen molar-refractivity contribution in [1.29, 1.82) is 0 Å². The number of carboxylic acid groups (broad SMARTS) is 1. The topological polar surface area (TPSA) is 82.5 Å². The normalized spacial score (nSPS) is 11.8. The Balaban J connectivity index is 2.87. The van der Waals surface area contributed by atoms with Crippen LogP contribution in [0.2, 0.25) is 5.15 Å². The predicted octanol–water partition coefficient (Wildman–Crippen LogP) is 2.10. The van der Waals surface area contributed by atoms with Crippen LogP contribution in [0.3, 0.4) is 0 Å². The van der Waals surface area contributed by atoms with Gasteiger partial charge in [0.25, 0.3) is 0 Å². The molecule has 7 heteroatoms. The summed E-state index contributed by atoms with van der Waals surface area (Å²) in [5.74, 6) is -0.906. The lowest BCUT2D eigenvalue weighted by Gasteiger charge is -2.23. The zero-order valence-electron chi connectivity index (χ0n) is 11.7. The highest BCUT2D eigenvalue weighted by Gasteiger charge is 2.19. The van der Waals surface area contributed by atoms with E-state index in [0.717, 1.165) is 0 Å². The minimum absolute atomic E-state index is 0.0231. The summed E-state index contributed by atoms with van der Waals surface area (Å²) in [6.45, 7) is 6.72. The Bertz CT molecular complexity index is 504. The molecule has 110 valence electrons. The third kappa shape index (κ3) is 4.09. The van der Waals surface area contributed by atoms with Gasteiger partial charge in [-0.25, -0.2) is 9.78 Å². The van der Waals surface area contributed by atoms with E-state index in [9.17, 15) is 9.59 Å². The first-order valence-electron chi connectivity index (χ1n) is 6.35. The van der Waals surface area contributed by atoms with Crippen molar-refractivity contribution in [2.75, 3.05) is 18.4 Å². The molecule has 1 amide bonds. The standard InChI is InChI=1S/C13H18ClN3O3/c1-4-17(5-2)12(18)8(3)15-11-7-9(13(19)20)6-10(14)16-11/h6-8H,4-5H2,1-3H3,(H,15,16)(H,19,20). The molecule has 0 radical (unpaired) electrons. The van der Waals surface area contributed by atoms with Gasteiger partial charge in [-0.2, -0.15) is 0 Å². The molecule has 0 spiro atoms. The number of rotatable bonds is 6. The van der Waals surface area contributed by atoms with E-state index < -0.39 is 12.0 Å². The molecule has 0 aliphatic carbocycles. The number of amides is 1. The van der Waals surface area contributed by atoms with Crippen molar-refractivity contribution < 1.29 is 14.7 Å². The number of aromatic carboxylic acids is 1. The van der Waals surface area contributed by atoms with Crippen molar-refractivity contribution in [3.63, 3.8) is 0 Å². The molecule has 2 N–H and O–H groups in total. The summed E-state index contributed by atoms with van der Waals surface area (Å²) in [5.41, 5.74) is 0.0231. The third-order valence-corrected chi connectivity index (χ3v) is 3.04. The maximum Gasteiger partial charge on any atom is 0.335 e. The summed E-state index contributed by atoms with van der Waals surface area (Å²) in [7, 11) is 0. The minimum atomic E-state index is -1.10. The molecule has 1 aromatic rings. The first kappa shape index (κ1) is 16.2. The average molecular weight is 300 g/mol. The van der Waals surface area contributed by atoms with Crippen LogP contribution in [0.25, 0.3) is 0 Å². The van der Waals surface area contributed by atoms with Crippen LogP contribution in [0.5, 0.6) is 0 Å². The Morgan fingerprint density at radius 3 is 2.50 bits per heavy atom. The quantitative estimate of drug-likeness (QED) is 0.786. The summed E-state index contributed by atoms with van der Waals surface area (Å²) in [4.78, 5) is 28.7. The van der Waals surface area contributed by atoms with Crippen molar-refractivity contribution in [3.8, 4) is 0 Å². The van der Waals surface area contributed by atoms with Crippen molar-refractivity contribution in [2.45, 2.75) is 26.8 Å². The molecular formula is C13H18ClN3O3. The molecule has 1 aromatic heterocycles. The van der Waals surface area contributed by atoms with Crippen LogP contribution in [0.15, 0.2) is 12.1 Å². The van der Waals surface area contributed by atoms with Crippen LogP contribution in [-0.4, -0.2) is 46.0 Å². The second-order valence-electron chi connectivity index (χ2n) is 4.25. The van der Waals surface area contributed by atoms with Crippen LogP contribution < -0.4 is 5.32 Å². The van der Waals surface area contributed by atoms with Crippen molar-refractivity contribution in [2.24, 2.45) is 0 Å². The van der Waals surface area contributed by atoms with Gasteiger partial charge in [-0.05, 0) is 32.9 Å². The first-order chi connectivity index (χ1) is 9.38. The van der Waals surface area contributed by atoms with Crippen LogP contribution in [0, 0.1) is 0 Å². The molecule has 0 saturated heterocycles. The van der Waals surface area contributed by atoms with Crippen LogP contribution in [0.1, 0.15) is 31.1 Å². The molecule has 0 bridgehead atoms. The lowest BCUT2D eigenvalue weighted by molar-refractivity contribution is -0.131. The maximum absolute atomic E-state index is 12.1. The molecule has 0 fully saturated rings. The van der Waals surface area contributed by atoms with Gasteiger partial charge in [0.2, 0.25) is 5.91 Å². The third-order valence-electron chi connectivity index (χ3n) is 2.85. The van der Waals surface area contributed by atoms with Gasteiger partial charge in [0.15, 0.2) is 0 Å². The fraction of sp³-hybridized carbons (Fsp3) is 0.462. The van der Waals surface area contributed by atoms with Gasteiger partial charge in [0.05, 0.1) is 5.56 Å². The second kappa shape index (κ2) is 7.09. The van der Waals surface area contributed by atoms with Gasteiger partial charge in [0, 0.05) is 13.1 Å². The number of halogens is 1. The SMILES string of the molecule is CCN(CC)C(=O)C(C)Nc1cc(C(=O)O)cc(Cl)n1. The smallest absolute Gasteiger partial charge is 0.335 e. The van der Waals surface area contributed by atoms with Crippen LogP contribution >= 0.6 is 11.6 Å². The highest BCUT2D eigenvalue weighted by atomic mass is 35.5. The lowest BCUT2D eigenvalue weighted by Crippen LogP contribution is -2.41. The number of likely N-dealkylation sites (N-methyl/N-ethyl adjacent to an activating group) is 1. The molecule has 1 atom stereocenters. The molecule has 0 saturated carbocycles. The monoisotopic (exact) mass is 299 g/mol. The number of carboxylic acids is 1. The van der Waals surface area contributed by atoms with Crippen molar-refractivity contribution >= 4 is 29.3 Å². The first-order valence-corrected chi connectivity index (χ1v) is 6.73. The second-order valence-corrected chi connectivity index (χ2v) is 4.63. The van der Waals surface area contributed by atoms with Gasteiger partial charge >= 0.3 is 5.97 Å². The summed E-state index contributed by atoms with van der Waals surface area (Å²) in [6.07, 6.45) is 0. The van der Waals surface area contributed by atoms with Crippen LogP contribution in [0.4, 0.5) is 5.82 Å². The van der Waals surface area contributed by atoms with E-state index in [0.29, 0.717) is 13.1 Å². The largest absolute Gasteiger partial charge is 0.478 e. The molecule has 1 rings (SSSR count). The molecule has 0 aromatic carbocycles. The number of carbonyl (C=O) groups excluding carboxylic acids is 1. The molecule has 20 heavy (non-hydrogen) atoms. The number of nitrogens with zero attached hydrogens (tertiary/aromatic N) is 2. The Hall–Kier alpha value is -1.82. The van der Waals surface area contributed by atoms with Gasteiger partial charge in [-0.15, -0.1) is 0 Å². The zero-order valence-corrected chi connectivity index (χ0v) is 12.4. The van der Waals surface area contributed by atoms with E-state index in [1.54, 1.807) is 11.8 Å². The number of hydrogen-bond donors (Lipinski definition) is 2. The summed E-state index contributed by atoms with van der Waals surface area (Å²) < 4.78 is 0. The van der Waals surface area contributed by atoms with Gasteiger partial charge < -0.3 is 15.3 Å². The Morgan fingerprint density at radius 1 is 1.40 bits per heavy atom. The number of anilines is 1. The Morgan fingerprint density at radius 2 is 2.00 bits per heavy atom. The molecule has 0 aliphatic rings. The highest BCUT2D eigenvalue weighted by molar-refractivity contribution is 6.29. The average Bonchev–Trinajstić information content (AvgIpc) is 2.39. The molecule has 6 nitrogen and oxygen atoms in total. The number of carbonyl (C=O) groups is 2. The van der Waals surface area contributed by atoms with Crippen molar-refractivity contribution in [1.82, 2.24) is 9.88 Å². The Labute approximate surface area is 122 Å². The van der Waals surface area contributed by atoms with E-state index in [-0.39, 0.29) is 22.4 Å². The fourth-order valence-corrected chi connectivity index (χ4v) is 2.00. The maximum atomic E-state index is 12.1. The van der Waals surface area contributed by atoms with E-state index in [1.165, 1.54) is 12.1 Å². The number of nitrogens with one attached hydrogen (secondary N) is 1. The number of hydrogen-bond acceptors (Lipinski definition) is 4. The molecule has 1 unspecified atom stereocenters. The van der Waals surface area contributed by atoms with E-state index in [2.05, 4.69) is 10.3 Å². The van der Waals surface area contributed by atoms with Gasteiger partial charge in [0.1, 0.15) is 17.0 Å². The summed E-state index contributed by atoms with van der Waals surface area (Å²) in [5, 5.41) is 11.9. The predicted molar refractivity (Wildman–Crippen MR) is 77.2 cm³/mol.